The molecule has 0 bridgehead atoms. The Labute approximate surface area is 144 Å². The molecule has 4 rings (SSSR count). The Morgan fingerprint density at radius 1 is 1.16 bits per heavy atom. The molecule has 0 atom stereocenters. The van der Waals surface area contributed by atoms with E-state index >= 15 is 0 Å². The summed E-state index contributed by atoms with van der Waals surface area (Å²) in [5.74, 6) is 1.41. The summed E-state index contributed by atoms with van der Waals surface area (Å²) in [5, 5.41) is 4.51. The van der Waals surface area contributed by atoms with Gasteiger partial charge in [-0.2, -0.15) is 0 Å². The molecule has 0 aliphatic carbocycles. The van der Waals surface area contributed by atoms with Crippen LogP contribution >= 0.6 is 0 Å². The van der Waals surface area contributed by atoms with Crippen molar-refractivity contribution in [2.75, 3.05) is 7.11 Å². The fraction of sp³-hybridized carbons (Fsp3) is 0.278. The first kappa shape index (κ1) is 15.4. The fourth-order valence-corrected chi connectivity index (χ4v) is 3.34. The zero-order chi connectivity index (χ0) is 17.7. The number of hydrogen-bond acceptors (Lipinski definition) is 4. The monoisotopic (exact) mass is 337 g/mol. The number of rotatable bonds is 3. The Morgan fingerprint density at radius 3 is 2.60 bits per heavy atom. The average Bonchev–Trinajstić information content (AvgIpc) is 3.07. The van der Waals surface area contributed by atoms with Crippen LogP contribution in [0.25, 0.3) is 16.8 Å². The van der Waals surface area contributed by atoms with Crippen molar-refractivity contribution >= 4 is 16.8 Å². The Morgan fingerprint density at radius 2 is 1.88 bits per heavy atom. The lowest BCUT2D eigenvalue weighted by Gasteiger charge is -2.11. The number of hydrogen-bond donors (Lipinski definition) is 0. The second-order valence-electron chi connectivity index (χ2n) is 6.17. The number of imidazole rings is 1. The van der Waals surface area contributed by atoms with Crippen molar-refractivity contribution in [2.45, 2.75) is 20.4 Å². The van der Waals surface area contributed by atoms with Crippen LogP contribution < -0.4 is 10.4 Å². The largest absolute Gasteiger partial charge is 0.496 e. The van der Waals surface area contributed by atoms with Crippen molar-refractivity contribution in [3.05, 3.63) is 57.8 Å². The van der Waals surface area contributed by atoms with E-state index in [0.29, 0.717) is 12.3 Å². The molecular formula is C18H19N5O2. The van der Waals surface area contributed by atoms with E-state index < -0.39 is 0 Å². The van der Waals surface area contributed by atoms with Crippen LogP contribution in [-0.4, -0.2) is 30.8 Å². The molecule has 1 aromatic carbocycles. The van der Waals surface area contributed by atoms with Crippen molar-refractivity contribution in [2.24, 2.45) is 7.05 Å². The third-order valence-corrected chi connectivity index (χ3v) is 4.66. The minimum absolute atomic E-state index is 0.174. The van der Waals surface area contributed by atoms with E-state index in [4.69, 9.17) is 4.74 Å². The van der Waals surface area contributed by atoms with Crippen LogP contribution in [0.4, 0.5) is 0 Å². The topological polar surface area (TPSA) is 66.3 Å². The third kappa shape index (κ3) is 2.15. The summed E-state index contributed by atoms with van der Waals surface area (Å²) in [6.07, 6.45) is 1.76. The lowest BCUT2D eigenvalue weighted by Crippen LogP contribution is -2.22. The van der Waals surface area contributed by atoms with Gasteiger partial charge in [-0.25, -0.2) is 13.9 Å². The fourth-order valence-electron chi connectivity index (χ4n) is 3.34. The highest BCUT2D eigenvalue weighted by molar-refractivity contribution is 5.80. The summed E-state index contributed by atoms with van der Waals surface area (Å²) in [4.78, 5) is 17.4. The summed E-state index contributed by atoms with van der Waals surface area (Å²) in [6, 6.07) is 7.77. The molecule has 0 saturated heterocycles. The summed E-state index contributed by atoms with van der Waals surface area (Å²) < 4.78 is 10.5. The molecule has 0 aliphatic heterocycles. The highest BCUT2D eigenvalue weighted by atomic mass is 16.5. The molecule has 0 saturated carbocycles. The molecule has 4 aromatic rings. The van der Waals surface area contributed by atoms with Gasteiger partial charge in [-0.05, 0) is 26.0 Å². The van der Waals surface area contributed by atoms with Crippen molar-refractivity contribution in [1.82, 2.24) is 23.7 Å². The van der Waals surface area contributed by atoms with Gasteiger partial charge >= 0.3 is 5.69 Å². The predicted molar refractivity (Wildman–Crippen MR) is 95.3 cm³/mol. The first-order chi connectivity index (χ1) is 12.0. The highest BCUT2D eigenvalue weighted by Crippen LogP contribution is 2.24. The van der Waals surface area contributed by atoms with E-state index in [9.17, 15) is 4.79 Å². The predicted octanol–water partition coefficient (Wildman–Crippen LogP) is 2.06. The summed E-state index contributed by atoms with van der Waals surface area (Å²) in [6.45, 7) is 4.20. The van der Waals surface area contributed by atoms with Crippen molar-refractivity contribution < 1.29 is 4.74 Å². The van der Waals surface area contributed by atoms with Crippen molar-refractivity contribution in [3.63, 3.8) is 0 Å². The Bertz CT molecular complexity index is 1170. The van der Waals surface area contributed by atoms with Crippen LogP contribution in [-0.2, 0) is 13.6 Å². The number of methoxy groups -OCH3 is 1. The zero-order valence-electron chi connectivity index (χ0n) is 14.6. The van der Waals surface area contributed by atoms with Gasteiger partial charge in [0.25, 0.3) is 0 Å². The number of fused-ring (bicyclic) bond motifs is 3. The summed E-state index contributed by atoms with van der Waals surface area (Å²) >= 11 is 0. The van der Waals surface area contributed by atoms with Crippen molar-refractivity contribution in [3.8, 4) is 5.75 Å². The maximum Gasteiger partial charge on any atom is 0.352 e. The number of aryl methyl sites for hydroxylation is 2. The van der Waals surface area contributed by atoms with Crippen molar-refractivity contribution in [1.29, 1.82) is 0 Å². The Hall–Kier alpha value is -3.09. The molecule has 7 nitrogen and oxygen atoms in total. The van der Waals surface area contributed by atoms with E-state index in [0.717, 1.165) is 33.6 Å². The van der Waals surface area contributed by atoms with Gasteiger partial charge < -0.3 is 9.30 Å². The minimum atomic E-state index is -0.174. The van der Waals surface area contributed by atoms with Gasteiger partial charge in [-0.3, -0.25) is 4.98 Å². The molecule has 0 radical (unpaired) electrons. The molecule has 0 aliphatic rings. The van der Waals surface area contributed by atoms with Gasteiger partial charge in [-0.1, -0.05) is 12.1 Å². The van der Waals surface area contributed by atoms with E-state index in [-0.39, 0.29) is 5.69 Å². The number of para-hydroxylation sites is 2. The van der Waals surface area contributed by atoms with Gasteiger partial charge in [0.15, 0.2) is 0 Å². The van der Waals surface area contributed by atoms with Gasteiger partial charge in [0.1, 0.15) is 5.75 Å². The average molecular weight is 337 g/mol. The summed E-state index contributed by atoms with van der Waals surface area (Å²) in [7, 11) is 3.55. The Balaban J connectivity index is 1.88. The van der Waals surface area contributed by atoms with Crippen LogP contribution in [0.5, 0.6) is 5.75 Å². The van der Waals surface area contributed by atoms with Crippen LogP contribution in [0.2, 0.25) is 0 Å². The molecular weight excluding hydrogens is 318 g/mol. The highest BCUT2D eigenvalue weighted by Gasteiger charge is 2.17. The maximum absolute atomic E-state index is 12.9. The maximum atomic E-state index is 12.9. The number of benzene rings is 1. The third-order valence-electron chi connectivity index (χ3n) is 4.66. The first-order valence-electron chi connectivity index (χ1n) is 8.05. The molecule has 0 unspecified atom stereocenters. The van der Waals surface area contributed by atoms with E-state index in [1.807, 2.05) is 49.7 Å². The van der Waals surface area contributed by atoms with Crippen LogP contribution in [0, 0.1) is 13.8 Å². The number of ether oxygens (including phenoxy) is 1. The van der Waals surface area contributed by atoms with Crippen LogP contribution in [0.15, 0.2) is 35.3 Å². The molecule has 3 heterocycles. The van der Waals surface area contributed by atoms with Gasteiger partial charge in [0, 0.05) is 24.4 Å². The number of aromatic nitrogens is 5. The second-order valence-corrected chi connectivity index (χ2v) is 6.17. The summed E-state index contributed by atoms with van der Waals surface area (Å²) in [5.41, 5.74) is 4.32. The molecule has 0 N–H and O–H groups in total. The lowest BCUT2D eigenvalue weighted by atomic mass is 10.1. The molecule has 25 heavy (non-hydrogen) atoms. The normalized spacial score (nSPS) is 11.5. The molecule has 7 heteroatoms. The molecule has 128 valence electrons. The molecule has 0 amide bonds. The van der Waals surface area contributed by atoms with Gasteiger partial charge in [-0.15, -0.1) is 5.10 Å². The van der Waals surface area contributed by atoms with Gasteiger partial charge in [0.2, 0.25) is 5.78 Å². The quantitative estimate of drug-likeness (QED) is 0.574. The SMILES string of the molecule is COc1c(C)cnc(Cn2nc3n(C)c4ccccc4n3c2=O)c1C. The molecule has 3 aromatic heterocycles. The van der Waals surface area contributed by atoms with E-state index in [2.05, 4.69) is 10.1 Å². The smallest absolute Gasteiger partial charge is 0.352 e. The van der Waals surface area contributed by atoms with Gasteiger partial charge in [0.05, 0.1) is 30.4 Å². The zero-order valence-corrected chi connectivity index (χ0v) is 14.6. The Kier molecular flexibility index (Phi) is 3.38. The number of nitrogens with zero attached hydrogens (tertiary/aromatic N) is 5. The molecule has 0 fully saturated rings. The lowest BCUT2D eigenvalue weighted by molar-refractivity contribution is 0.406. The second kappa shape index (κ2) is 5.47. The van der Waals surface area contributed by atoms with E-state index in [1.165, 1.54) is 4.68 Å². The van der Waals surface area contributed by atoms with Crippen LogP contribution in [0.1, 0.15) is 16.8 Å². The minimum Gasteiger partial charge on any atom is -0.496 e. The van der Waals surface area contributed by atoms with Crippen LogP contribution in [0.3, 0.4) is 0 Å². The van der Waals surface area contributed by atoms with E-state index in [1.54, 1.807) is 17.7 Å². The first-order valence-corrected chi connectivity index (χ1v) is 8.05. The number of pyridine rings is 1. The molecule has 0 spiro atoms. The standard InChI is InChI=1S/C18H19N5O2/c1-11-9-19-13(12(2)16(11)25-4)10-22-18(24)23-15-8-6-5-7-14(15)21(3)17(23)20-22/h5-9H,10H2,1-4H3.